The van der Waals surface area contributed by atoms with Crippen molar-refractivity contribution in [3.63, 3.8) is 0 Å². The lowest BCUT2D eigenvalue weighted by Crippen LogP contribution is -2.55. The van der Waals surface area contributed by atoms with Crippen molar-refractivity contribution >= 4 is 56.2 Å². The van der Waals surface area contributed by atoms with Crippen LogP contribution in [0.5, 0.6) is 57.5 Å². The minimum Gasteiger partial charge on any atom is -0.493 e. The highest BCUT2D eigenvalue weighted by Gasteiger charge is 2.38. The number of alkyl halides is 1. The summed E-state index contributed by atoms with van der Waals surface area (Å²) in [6.45, 7) is 7.99. The van der Waals surface area contributed by atoms with E-state index in [1.165, 1.54) is 0 Å². The summed E-state index contributed by atoms with van der Waals surface area (Å²) in [7, 11) is 10.3. The first-order valence-corrected chi connectivity index (χ1v) is 30.7. The van der Waals surface area contributed by atoms with Gasteiger partial charge in [0.05, 0.1) is 112 Å². The third-order valence-corrected chi connectivity index (χ3v) is 16.0. The predicted molar refractivity (Wildman–Crippen MR) is 360 cm³/mol. The smallest absolute Gasteiger partial charge is 0.169 e. The van der Waals surface area contributed by atoms with Gasteiger partial charge in [-0.15, -0.1) is 11.6 Å². The van der Waals surface area contributed by atoms with Crippen molar-refractivity contribution in [3.05, 3.63) is 145 Å². The van der Waals surface area contributed by atoms with Gasteiger partial charge >= 0.3 is 0 Å². The van der Waals surface area contributed by atoms with Gasteiger partial charge in [0.25, 0.3) is 0 Å². The molecule has 20 nitrogen and oxygen atoms in total. The van der Waals surface area contributed by atoms with Crippen LogP contribution >= 0.6 is 11.6 Å². The predicted octanol–water partition coefficient (Wildman–Crippen LogP) is 13.7. The number of hydrogen-bond acceptors (Lipinski definition) is 20. The van der Waals surface area contributed by atoms with E-state index in [9.17, 15) is 20.7 Å². The summed E-state index contributed by atoms with van der Waals surface area (Å²) in [4.78, 5) is 11.2. The minimum atomic E-state index is -0.747. The molecule has 92 heavy (non-hydrogen) atoms. The molecule has 2 fully saturated rings. The summed E-state index contributed by atoms with van der Waals surface area (Å²) in [5, 5.41) is 51.2. The van der Waals surface area contributed by atoms with E-state index in [1.54, 1.807) is 40.8 Å². The lowest BCUT2D eigenvalue weighted by molar-refractivity contribution is -0.113. The fourth-order valence-electron chi connectivity index (χ4n) is 10.4. The highest BCUT2D eigenvalue weighted by Crippen LogP contribution is 2.41. The van der Waals surface area contributed by atoms with Crippen molar-refractivity contribution in [1.82, 2.24) is 20.2 Å². The molecule has 2 aliphatic rings. The number of unbranched alkanes of at least 4 members (excludes halogenated alkanes) is 2. The topological polar surface area (TPSA) is 245 Å². The van der Waals surface area contributed by atoms with Gasteiger partial charge in [0.2, 0.25) is 0 Å². The van der Waals surface area contributed by atoms with Gasteiger partial charge in [-0.2, -0.15) is 10.5 Å². The first kappa shape index (κ1) is 70.6. The lowest BCUT2D eigenvalue weighted by atomic mass is 9.90. The molecule has 2 aromatic heterocycles. The van der Waals surface area contributed by atoms with Crippen molar-refractivity contribution in [2.24, 2.45) is 0 Å². The fraction of sp³-hybridized carbons (Fsp3) is 0.380. The molecule has 2 aliphatic heterocycles. The summed E-state index contributed by atoms with van der Waals surface area (Å²) in [5.74, 6) is 6.74. The number of halogens is 1. The van der Waals surface area contributed by atoms with Gasteiger partial charge in [-0.25, -0.2) is 0 Å². The van der Waals surface area contributed by atoms with Crippen LogP contribution in [0.25, 0.3) is 21.8 Å². The third kappa shape index (κ3) is 18.7. The molecule has 4 atom stereocenters. The standard InChI is InChI=1S/C35H40N4O6.C28H26ClN3O4.C7H15NO2.CH4/c1-35(40)15-18-43-23-33(35)39(2)16-7-8-17-44-32-20-28-27(19-31(32)42-4)34(24(21-36)22-37-28)38-25-11-13-26(14-12-25)45-30-10-6-5-9-29(30)41-3;1-33-24-7-3-4-8-25(24)36-21-11-9-20(10-12-21)32-28-19(17-30)18-31-23-16-27(35-14-6-5-13-29)26(34-2)15-22(23)28;1-7(9)3-4-10-5-6(7)8-2;/h5-6,9-14,19-20,22,33,40H,7-8,15-18,23H2,1-4H3,(H,37,38);3-4,7-12,15-16,18H,5-6,13-14H2,1-2H3,(H,31,32);6,8-9H,3-5H2,1-2H3;1H4/t33-,35-;;6-,7-;/m1.1./s1. The zero-order chi connectivity index (χ0) is 64.8. The molecule has 488 valence electrons. The molecular formula is C71H85ClN8O12. The quantitative estimate of drug-likeness (QED) is 0.0264. The van der Waals surface area contributed by atoms with Crippen LogP contribution in [0.15, 0.2) is 134 Å². The van der Waals surface area contributed by atoms with Crippen molar-refractivity contribution in [2.75, 3.05) is 105 Å². The van der Waals surface area contributed by atoms with Crippen molar-refractivity contribution in [1.29, 1.82) is 10.5 Å². The van der Waals surface area contributed by atoms with Gasteiger partial charge in [-0.3, -0.25) is 14.9 Å². The van der Waals surface area contributed by atoms with E-state index in [4.69, 9.17) is 59.0 Å². The normalized spacial score (nSPS) is 17.4. The van der Waals surface area contributed by atoms with Gasteiger partial charge < -0.3 is 73.5 Å². The average molecular weight is 1280 g/mol. The SMILES string of the molecule is C.CN[C@@H]1COCC[C@@]1(C)O.COc1cc2c(Nc3ccc(Oc4ccccc4OC)cc3)c(C#N)cnc2cc1OCCCCCl.COc1cc2c(Nc3ccc(Oc4ccccc4OC)cc3)c(C#N)cnc2cc1OCCCCN(C)[C@@H]1COCC[C@@]1(C)O. The second-order valence-corrected chi connectivity index (χ2v) is 22.5. The van der Waals surface area contributed by atoms with E-state index in [0.29, 0.717) is 143 Å². The number of methoxy groups -OCH3 is 4. The first-order valence-electron chi connectivity index (χ1n) is 30.1. The Morgan fingerprint density at radius 2 is 1.02 bits per heavy atom. The molecule has 0 amide bonds. The number of likely N-dealkylation sites (N-methyl/N-ethyl adjacent to an activating group) is 2. The van der Waals surface area contributed by atoms with Crippen LogP contribution < -0.4 is 53.8 Å². The Bertz CT molecular complexity index is 3730. The maximum atomic E-state index is 10.7. The molecular weight excluding hydrogens is 1190 g/mol. The molecule has 0 saturated carbocycles. The molecule has 6 aromatic carbocycles. The zero-order valence-corrected chi connectivity index (χ0v) is 53.6. The fourth-order valence-corrected chi connectivity index (χ4v) is 10.6. The molecule has 0 aliphatic carbocycles. The van der Waals surface area contributed by atoms with E-state index < -0.39 is 11.2 Å². The number of ether oxygens (including phenoxy) is 10. The molecule has 5 N–H and O–H groups in total. The number of benzene rings is 6. The molecule has 8 aromatic rings. The Hall–Kier alpha value is -8.83. The molecule has 0 bridgehead atoms. The molecule has 10 rings (SSSR count). The van der Waals surface area contributed by atoms with E-state index >= 15 is 0 Å². The number of hydrogen-bond donors (Lipinski definition) is 5. The minimum absolute atomic E-state index is 0. The molecule has 0 spiro atoms. The number of aliphatic hydroxyl groups is 2. The Kier molecular flexibility index (Phi) is 26.5. The number of rotatable bonds is 25. The molecule has 4 heterocycles. The van der Waals surface area contributed by atoms with Gasteiger partial charge in [0, 0.05) is 78.6 Å². The van der Waals surface area contributed by atoms with E-state index in [-0.39, 0.29) is 19.5 Å². The highest BCUT2D eigenvalue weighted by molar-refractivity contribution is 6.17. The van der Waals surface area contributed by atoms with E-state index in [2.05, 4.69) is 43.0 Å². The molecule has 21 heteroatoms. The third-order valence-electron chi connectivity index (χ3n) is 15.8. The van der Waals surface area contributed by atoms with Crippen LogP contribution in [-0.2, 0) is 9.47 Å². The zero-order valence-electron chi connectivity index (χ0n) is 52.8. The second-order valence-electron chi connectivity index (χ2n) is 22.2. The summed E-state index contributed by atoms with van der Waals surface area (Å²) in [6.07, 6.45) is 7.91. The van der Waals surface area contributed by atoms with Crippen LogP contribution in [0, 0.1) is 22.7 Å². The Labute approximate surface area is 544 Å². The van der Waals surface area contributed by atoms with Crippen LogP contribution in [0.1, 0.15) is 70.9 Å². The summed E-state index contributed by atoms with van der Waals surface area (Å²) in [5.41, 5.74) is 3.64. The Morgan fingerprint density at radius 3 is 1.42 bits per heavy atom. The van der Waals surface area contributed by atoms with Gasteiger partial charge in [-0.1, -0.05) is 31.7 Å². The maximum Gasteiger partial charge on any atom is 0.169 e. The van der Waals surface area contributed by atoms with Crippen LogP contribution in [0.4, 0.5) is 22.7 Å². The number of pyridine rings is 2. The number of para-hydroxylation sites is 4. The number of nitrogens with one attached hydrogen (secondary N) is 3. The number of anilines is 4. The van der Waals surface area contributed by atoms with E-state index in [0.717, 1.165) is 60.8 Å². The Balaban J connectivity index is 0.000000228. The van der Waals surface area contributed by atoms with Crippen LogP contribution in [0.2, 0.25) is 0 Å². The van der Waals surface area contributed by atoms with Gasteiger partial charge in [-0.05, 0) is 145 Å². The second kappa shape index (κ2) is 34.6. The number of nitriles is 2. The van der Waals surface area contributed by atoms with Gasteiger partial charge in [0.15, 0.2) is 46.0 Å². The summed E-state index contributed by atoms with van der Waals surface area (Å²) in [6, 6.07) is 41.7. The van der Waals surface area contributed by atoms with Crippen molar-refractivity contribution < 1.29 is 57.6 Å². The summed E-state index contributed by atoms with van der Waals surface area (Å²) >= 11 is 5.75. The van der Waals surface area contributed by atoms with Gasteiger partial charge in [0.1, 0.15) is 23.6 Å². The number of fused-ring (bicyclic) bond motifs is 2. The molecule has 2 saturated heterocycles. The number of aromatic nitrogens is 2. The van der Waals surface area contributed by atoms with Crippen molar-refractivity contribution in [2.45, 2.75) is 83.1 Å². The lowest BCUT2D eigenvalue weighted by Gasteiger charge is -2.42. The number of nitrogens with zero attached hydrogens (tertiary/aromatic N) is 5. The van der Waals surface area contributed by atoms with Crippen LogP contribution in [0.3, 0.4) is 0 Å². The first-order chi connectivity index (χ1) is 44.1. The van der Waals surface area contributed by atoms with Crippen LogP contribution in [-0.4, -0.2) is 143 Å². The Morgan fingerprint density at radius 1 is 0.587 bits per heavy atom. The monoisotopic (exact) mass is 1280 g/mol. The highest BCUT2D eigenvalue weighted by atomic mass is 35.5. The molecule has 0 unspecified atom stereocenters. The molecule has 0 radical (unpaired) electrons. The summed E-state index contributed by atoms with van der Waals surface area (Å²) < 4.78 is 56.7. The van der Waals surface area contributed by atoms with E-state index in [1.807, 2.05) is 149 Å². The maximum absolute atomic E-state index is 10.7. The largest absolute Gasteiger partial charge is 0.493 e. The average Bonchev–Trinajstić information content (AvgIpc) is 0.902. The van der Waals surface area contributed by atoms with Crippen molar-refractivity contribution in [3.8, 4) is 69.6 Å².